The molecule has 0 unspecified atom stereocenters. The SMILES string of the molecule is Cc1ccnn1OCCCO[Si](C)(C)C(C)(C)C. The standard InChI is InChI=1S/C13H26N2O2Si/c1-12-8-9-14-15(12)16-10-7-11-17-18(5,6)13(2,3)4/h8-9H,7,10-11H2,1-6H3. The molecule has 0 fully saturated rings. The molecule has 0 radical (unpaired) electrons. The fraction of sp³-hybridized carbons (Fsp3) is 0.769. The van der Waals surface area contributed by atoms with Crippen molar-refractivity contribution in [2.24, 2.45) is 0 Å². The summed E-state index contributed by atoms with van der Waals surface area (Å²) in [6, 6.07) is 1.92. The molecule has 0 amide bonds. The van der Waals surface area contributed by atoms with Crippen LogP contribution in [0.2, 0.25) is 18.1 Å². The summed E-state index contributed by atoms with van der Waals surface area (Å²) < 4.78 is 6.07. The molecular formula is C13H26N2O2Si. The molecule has 0 saturated carbocycles. The van der Waals surface area contributed by atoms with Crippen molar-refractivity contribution in [3.63, 3.8) is 0 Å². The summed E-state index contributed by atoms with van der Waals surface area (Å²) >= 11 is 0. The van der Waals surface area contributed by atoms with Crippen LogP contribution in [0.15, 0.2) is 12.3 Å². The first-order valence-corrected chi connectivity index (χ1v) is 9.43. The van der Waals surface area contributed by atoms with Crippen molar-refractivity contribution in [2.75, 3.05) is 13.2 Å². The number of hydrogen-bond acceptors (Lipinski definition) is 3. The molecule has 0 N–H and O–H groups in total. The van der Waals surface area contributed by atoms with Crippen LogP contribution in [0.1, 0.15) is 32.9 Å². The topological polar surface area (TPSA) is 36.3 Å². The molecule has 0 atom stereocenters. The second-order valence-electron chi connectivity index (χ2n) is 6.14. The van der Waals surface area contributed by atoms with E-state index in [1.807, 2.05) is 13.0 Å². The van der Waals surface area contributed by atoms with Gasteiger partial charge in [0.05, 0.1) is 11.9 Å². The van der Waals surface area contributed by atoms with Crippen LogP contribution in [0, 0.1) is 6.92 Å². The van der Waals surface area contributed by atoms with E-state index in [1.54, 1.807) is 11.0 Å². The van der Waals surface area contributed by atoms with Gasteiger partial charge in [0.2, 0.25) is 0 Å². The largest absolute Gasteiger partial charge is 0.417 e. The van der Waals surface area contributed by atoms with Crippen molar-refractivity contribution < 1.29 is 9.26 Å². The van der Waals surface area contributed by atoms with Crippen molar-refractivity contribution >= 4 is 8.32 Å². The maximum Gasteiger partial charge on any atom is 0.191 e. The predicted octanol–water partition coefficient (Wildman–Crippen LogP) is 3.03. The molecule has 1 rings (SSSR count). The van der Waals surface area contributed by atoms with E-state index in [2.05, 4.69) is 39.0 Å². The van der Waals surface area contributed by atoms with Gasteiger partial charge in [0.25, 0.3) is 0 Å². The van der Waals surface area contributed by atoms with Gasteiger partial charge in [0.15, 0.2) is 8.32 Å². The van der Waals surface area contributed by atoms with Gasteiger partial charge >= 0.3 is 0 Å². The first-order valence-electron chi connectivity index (χ1n) is 6.52. The highest BCUT2D eigenvalue weighted by Crippen LogP contribution is 2.36. The Morgan fingerprint density at radius 2 is 1.94 bits per heavy atom. The molecule has 0 spiro atoms. The van der Waals surface area contributed by atoms with E-state index >= 15 is 0 Å². The third-order valence-electron chi connectivity index (χ3n) is 3.56. The molecule has 1 aromatic rings. The summed E-state index contributed by atoms with van der Waals surface area (Å²) in [5, 5.41) is 4.33. The smallest absolute Gasteiger partial charge is 0.191 e. The predicted molar refractivity (Wildman–Crippen MR) is 76.2 cm³/mol. The van der Waals surface area contributed by atoms with Gasteiger partial charge in [-0.3, -0.25) is 0 Å². The fourth-order valence-electron chi connectivity index (χ4n) is 1.25. The minimum absolute atomic E-state index is 0.270. The van der Waals surface area contributed by atoms with Gasteiger partial charge in [-0.05, 0) is 31.1 Å². The molecule has 104 valence electrons. The van der Waals surface area contributed by atoms with Crippen LogP contribution in [0.25, 0.3) is 0 Å². The average molecular weight is 270 g/mol. The maximum atomic E-state index is 6.07. The number of hydrogen-bond donors (Lipinski definition) is 0. The molecule has 0 bridgehead atoms. The summed E-state index contributed by atoms with van der Waals surface area (Å²) in [7, 11) is -1.61. The van der Waals surface area contributed by atoms with E-state index in [9.17, 15) is 0 Å². The Morgan fingerprint density at radius 1 is 1.28 bits per heavy atom. The van der Waals surface area contributed by atoms with Gasteiger partial charge in [-0.25, -0.2) is 0 Å². The third-order valence-corrected chi connectivity index (χ3v) is 8.10. The molecule has 4 nitrogen and oxygen atoms in total. The highest BCUT2D eigenvalue weighted by Gasteiger charge is 2.36. The number of nitrogens with zero attached hydrogens (tertiary/aromatic N) is 2. The zero-order valence-electron chi connectivity index (χ0n) is 12.5. The normalized spacial score (nSPS) is 12.8. The van der Waals surface area contributed by atoms with Gasteiger partial charge in [-0.15, -0.1) is 9.94 Å². The first kappa shape index (κ1) is 15.2. The summed E-state index contributed by atoms with van der Waals surface area (Å²) in [5.41, 5.74) is 1.01. The quantitative estimate of drug-likeness (QED) is 0.589. The summed E-state index contributed by atoms with van der Waals surface area (Å²) in [6.07, 6.45) is 2.63. The van der Waals surface area contributed by atoms with Crippen LogP contribution in [-0.2, 0) is 4.43 Å². The van der Waals surface area contributed by atoms with E-state index in [0.717, 1.165) is 18.7 Å². The molecule has 1 aromatic heterocycles. The zero-order chi connectivity index (χ0) is 13.8. The van der Waals surface area contributed by atoms with E-state index < -0.39 is 8.32 Å². The van der Waals surface area contributed by atoms with Crippen LogP contribution in [0.3, 0.4) is 0 Å². The Bertz CT molecular complexity index is 369. The zero-order valence-corrected chi connectivity index (χ0v) is 13.5. The molecule has 1 heterocycles. The first-order chi connectivity index (χ1) is 8.24. The van der Waals surface area contributed by atoms with Crippen LogP contribution in [0.5, 0.6) is 0 Å². The summed E-state index contributed by atoms with van der Waals surface area (Å²) in [5.74, 6) is 0. The van der Waals surface area contributed by atoms with Gasteiger partial charge in [-0.1, -0.05) is 20.8 Å². The van der Waals surface area contributed by atoms with E-state index in [4.69, 9.17) is 9.26 Å². The lowest BCUT2D eigenvalue weighted by molar-refractivity contribution is 0.0681. The van der Waals surface area contributed by atoms with Crippen molar-refractivity contribution in [3.8, 4) is 0 Å². The maximum absolute atomic E-state index is 6.07. The minimum Gasteiger partial charge on any atom is -0.417 e. The van der Waals surface area contributed by atoms with Crippen LogP contribution >= 0.6 is 0 Å². The highest BCUT2D eigenvalue weighted by atomic mass is 28.4. The summed E-state index contributed by atoms with van der Waals surface area (Å²) in [4.78, 5) is 7.08. The number of aromatic nitrogens is 2. The van der Waals surface area contributed by atoms with Crippen molar-refractivity contribution in [1.29, 1.82) is 0 Å². The lowest BCUT2D eigenvalue weighted by Gasteiger charge is -2.36. The molecule has 0 aromatic carbocycles. The lowest BCUT2D eigenvalue weighted by atomic mass is 10.2. The van der Waals surface area contributed by atoms with Crippen LogP contribution in [-0.4, -0.2) is 31.5 Å². The van der Waals surface area contributed by atoms with Gasteiger partial charge < -0.3 is 9.26 Å². The Kier molecular flexibility index (Phi) is 4.98. The molecule has 0 aliphatic rings. The Balaban J connectivity index is 2.22. The van der Waals surface area contributed by atoms with Crippen molar-refractivity contribution in [1.82, 2.24) is 9.94 Å². The van der Waals surface area contributed by atoms with Crippen LogP contribution in [0.4, 0.5) is 0 Å². The molecule has 0 saturated heterocycles. The second-order valence-corrected chi connectivity index (χ2v) is 11.0. The van der Waals surface area contributed by atoms with E-state index in [1.165, 1.54) is 0 Å². The molecular weight excluding hydrogens is 244 g/mol. The van der Waals surface area contributed by atoms with Crippen LogP contribution < -0.4 is 4.84 Å². The highest BCUT2D eigenvalue weighted by molar-refractivity contribution is 6.74. The summed E-state index contributed by atoms with van der Waals surface area (Å²) in [6.45, 7) is 14.7. The average Bonchev–Trinajstić information content (AvgIpc) is 2.62. The number of aryl methyl sites for hydroxylation is 1. The Labute approximate surface area is 111 Å². The molecule has 0 aliphatic carbocycles. The molecule has 5 heteroatoms. The van der Waals surface area contributed by atoms with Gasteiger partial charge in [0.1, 0.15) is 6.61 Å². The Hall–Kier alpha value is -0.813. The molecule has 18 heavy (non-hydrogen) atoms. The number of rotatable bonds is 6. The van der Waals surface area contributed by atoms with E-state index in [0.29, 0.717) is 6.61 Å². The van der Waals surface area contributed by atoms with Crippen molar-refractivity contribution in [2.45, 2.75) is 52.2 Å². The van der Waals surface area contributed by atoms with Crippen molar-refractivity contribution in [3.05, 3.63) is 18.0 Å². The molecule has 0 aliphatic heterocycles. The fourth-order valence-corrected chi connectivity index (χ4v) is 2.33. The lowest BCUT2D eigenvalue weighted by Crippen LogP contribution is -2.41. The third kappa shape index (κ3) is 4.14. The second kappa shape index (κ2) is 5.89. The minimum atomic E-state index is -1.61. The van der Waals surface area contributed by atoms with Gasteiger partial charge in [0, 0.05) is 13.0 Å². The Morgan fingerprint density at radius 3 is 2.44 bits per heavy atom. The monoisotopic (exact) mass is 270 g/mol. The van der Waals surface area contributed by atoms with Gasteiger partial charge in [-0.2, -0.15) is 0 Å². The van der Waals surface area contributed by atoms with E-state index in [-0.39, 0.29) is 5.04 Å².